The topological polar surface area (TPSA) is 627 Å². The van der Waals surface area contributed by atoms with Crippen LogP contribution in [0.25, 0.3) is 11.0 Å². The van der Waals surface area contributed by atoms with Gasteiger partial charge in [0.05, 0.1) is 72.7 Å². The molecule has 2 aliphatic heterocycles. The minimum atomic E-state index is -4.67. The molecule has 3 aromatic carbocycles. The number of likely N-dealkylation sites (N-methyl/N-ethyl adjacent to an activating group) is 1. The maximum absolute atomic E-state index is 13.9. The summed E-state index contributed by atoms with van der Waals surface area (Å²) in [7, 11) is -9.15. The monoisotopic (exact) mass is 2210 g/mol. The van der Waals surface area contributed by atoms with Gasteiger partial charge in [-0.15, -0.1) is 0 Å². The standard InChI is InChI=1S/C77H94I4N12O28S2/c1-6-92-51-26-24-40(122(116,117)118)31-42(51)76(3,4)53(92)20-12-11-13-21-54-77(5,43-32-41(123(119,120)121)25-27-52(43)93(54)7-2)28-18-23-55(94)82-29-16-15-19-44(75(114)115)85-70(109)46(34-58(98)99)87-72(111)48(36-60(102)103)89-74(113)50(38-62(106)107)90-73(112)49(37-61(104)105)88-71(110)47(35-59(100)101)86-69(108)45(33-57(96)97)84-56(95)22-14-9-8-10-17-30-91-39-83-67-65(80)63(78)64(79)66(81)68(67)91/h11-13,20-21,24-27,31-32,39,44-50H,6-10,14-19,22-23,28-30,33-38H2,1-5H3,(H16-,82,84,85,86,87,88,89,90,94,95,96,97,98,99,100,101,102,103,104,105,106,107,108,109,110,111,112,113,114,115,116,117,118,119,120,121)/p+1/t44?,45-,46+,47+,48+,49+,50+,77?/m1/s1. The fraction of sp³-hybridized carbons (Fsp3) is 0.468. The van der Waals surface area contributed by atoms with E-state index in [-0.39, 0.29) is 61.3 Å². The van der Waals surface area contributed by atoms with Crippen molar-refractivity contribution in [3.05, 3.63) is 104 Å². The summed E-state index contributed by atoms with van der Waals surface area (Å²) < 4.78 is 77.4. The van der Waals surface area contributed by atoms with Gasteiger partial charge in [0.2, 0.25) is 52.9 Å². The number of amides is 8. The van der Waals surface area contributed by atoms with Crippen LogP contribution in [-0.4, -0.2) is 232 Å². The first kappa shape index (κ1) is 102. The number of carboxylic acids is 7. The smallest absolute Gasteiger partial charge is 0.326 e. The third-order valence-electron chi connectivity index (χ3n) is 20.2. The molecule has 40 nitrogen and oxygen atoms in total. The number of imidazole rings is 1. The molecule has 670 valence electrons. The first-order chi connectivity index (χ1) is 57.5. The van der Waals surface area contributed by atoms with Crippen LogP contribution in [-0.2, 0) is 110 Å². The Hall–Kier alpha value is -9.39. The number of allylic oxidation sites excluding steroid dienone is 6. The molecule has 1 aromatic heterocycles. The number of anilines is 1. The lowest BCUT2D eigenvalue weighted by Gasteiger charge is -2.30. The number of carboxylic acid groups (broad SMARTS) is 7. The Kier molecular flexibility index (Phi) is 38.3. The van der Waals surface area contributed by atoms with Crippen LogP contribution in [0.5, 0.6) is 0 Å². The van der Waals surface area contributed by atoms with E-state index in [2.05, 4.69) is 116 Å². The highest BCUT2D eigenvalue weighted by molar-refractivity contribution is 14.1. The lowest BCUT2D eigenvalue weighted by molar-refractivity contribution is -0.433. The van der Waals surface area contributed by atoms with Crippen LogP contribution in [0.2, 0.25) is 0 Å². The van der Waals surface area contributed by atoms with Crippen molar-refractivity contribution in [3.8, 4) is 0 Å². The number of aromatic nitrogens is 2. The highest BCUT2D eigenvalue weighted by Crippen LogP contribution is 2.51. The fourth-order valence-corrected chi connectivity index (χ4v) is 18.7. The molecular weight excluding hydrogens is 2110 g/mol. The minimum absolute atomic E-state index is 0.0253. The molecule has 0 spiro atoms. The van der Waals surface area contributed by atoms with Crippen LogP contribution in [0.1, 0.15) is 161 Å². The van der Waals surface area contributed by atoms with Crippen LogP contribution in [0, 0.1) is 14.3 Å². The van der Waals surface area contributed by atoms with Crippen molar-refractivity contribution in [2.24, 2.45) is 0 Å². The van der Waals surface area contributed by atoms with Crippen molar-refractivity contribution in [2.45, 2.75) is 220 Å². The molecule has 3 heterocycles. The molecule has 123 heavy (non-hydrogen) atoms. The second-order valence-electron chi connectivity index (χ2n) is 29.5. The van der Waals surface area contributed by atoms with Crippen LogP contribution in [0.3, 0.4) is 0 Å². The lowest BCUT2D eigenvalue weighted by Crippen LogP contribution is -2.61. The summed E-state index contributed by atoms with van der Waals surface area (Å²) in [5.41, 5.74) is 4.51. The minimum Gasteiger partial charge on any atom is -0.481 e. The van der Waals surface area contributed by atoms with E-state index in [1.165, 1.54) is 24.3 Å². The molecule has 8 atom stereocenters. The Morgan fingerprint density at radius 2 is 0.927 bits per heavy atom. The first-order valence-corrected chi connectivity index (χ1v) is 45.6. The number of rotatable bonds is 50. The number of fused-ring (bicyclic) bond motifs is 3. The van der Waals surface area contributed by atoms with Crippen molar-refractivity contribution in [1.29, 1.82) is 0 Å². The number of nitrogens with one attached hydrogen (secondary N) is 8. The number of benzene rings is 3. The molecule has 8 amide bonds. The van der Waals surface area contributed by atoms with Crippen LogP contribution in [0.4, 0.5) is 11.4 Å². The fourth-order valence-electron chi connectivity index (χ4n) is 14.1. The molecule has 0 aliphatic carbocycles. The number of unbranched alkanes of at least 4 members (excludes halogenated alkanes) is 5. The van der Waals surface area contributed by atoms with Gasteiger partial charge in [0.1, 0.15) is 54.4 Å². The average Bonchev–Trinajstić information content (AvgIpc) is 1.59. The van der Waals surface area contributed by atoms with E-state index >= 15 is 0 Å². The summed E-state index contributed by atoms with van der Waals surface area (Å²) in [6, 6.07) is -6.84. The largest absolute Gasteiger partial charge is 0.481 e. The number of aryl methyl sites for hydroxylation is 1. The number of hydrogen-bond donors (Lipinski definition) is 17. The summed E-state index contributed by atoms with van der Waals surface area (Å²) in [5, 5.41) is 85.1. The van der Waals surface area contributed by atoms with Gasteiger partial charge in [-0.05, 0) is 212 Å². The number of nitrogens with zero attached hydrogens (tertiary/aromatic N) is 4. The maximum atomic E-state index is 13.9. The number of carbonyl (C=O) groups is 15. The Balaban J connectivity index is 1.03. The summed E-state index contributed by atoms with van der Waals surface area (Å²) in [6.07, 6.45) is 5.80. The van der Waals surface area contributed by atoms with Crippen molar-refractivity contribution in [2.75, 3.05) is 24.5 Å². The summed E-state index contributed by atoms with van der Waals surface area (Å²) in [6.45, 7) is 11.1. The SMILES string of the molecule is CCN1/C(=C/C=C/C=C/C2=[N+](CC)c3ccc(S(=O)(=O)O)cc3C2(C)C)C(C)(CCCC(=O)NCCCCC(NC(=O)[C@H](CC(=O)O)NC(=O)[C@H](CC(=O)O)NC(=O)[C@H](CC(=O)O)NC(=O)[C@H](CC(=O)O)NC(=O)[C@H](CC(=O)O)NC(=O)[C@@H](CC(=O)O)NC(=O)CCCCCCCn2cnc3c(I)c(I)c(I)c(I)c32)C(=O)O)c2cc(S(=O)(=O)O)ccc21. The van der Waals surface area contributed by atoms with E-state index in [1.54, 1.807) is 36.7 Å². The Labute approximate surface area is 760 Å². The van der Waals surface area contributed by atoms with E-state index in [4.69, 9.17) is 0 Å². The van der Waals surface area contributed by atoms with Crippen LogP contribution >= 0.6 is 90.4 Å². The molecule has 0 saturated heterocycles. The van der Waals surface area contributed by atoms with Gasteiger partial charge in [-0.3, -0.25) is 76.2 Å². The highest BCUT2D eigenvalue weighted by atomic mass is 127. The van der Waals surface area contributed by atoms with Gasteiger partial charge in [0, 0.05) is 74.1 Å². The molecule has 0 saturated carbocycles. The van der Waals surface area contributed by atoms with Gasteiger partial charge in [-0.2, -0.15) is 21.4 Å². The van der Waals surface area contributed by atoms with Crippen molar-refractivity contribution < 1.29 is 138 Å². The van der Waals surface area contributed by atoms with E-state index in [1.807, 2.05) is 82.8 Å². The third-order valence-corrected chi connectivity index (χ3v) is 29.2. The van der Waals surface area contributed by atoms with Gasteiger partial charge < -0.3 is 87.7 Å². The maximum Gasteiger partial charge on any atom is 0.326 e. The van der Waals surface area contributed by atoms with Crippen LogP contribution in [0.15, 0.2) is 88.6 Å². The molecule has 6 rings (SSSR count). The summed E-state index contributed by atoms with van der Waals surface area (Å²) in [5.74, 6) is -23.4. The number of hydrogen-bond acceptors (Lipinski definition) is 21. The lowest BCUT2D eigenvalue weighted by atomic mass is 9.77. The molecule has 0 fully saturated rings. The second kappa shape index (κ2) is 46.0. The predicted molar refractivity (Wildman–Crippen MR) is 471 cm³/mol. The van der Waals surface area contributed by atoms with Gasteiger partial charge in [0.15, 0.2) is 5.71 Å². The summed E-state index contributed by atoms with van der Waals surface area (Å²) in [4.78, 5) is 200. The van der Waals surface area contributed by atoms with E-state index < -0.39 is 201 Å². The van der Waals surface area contributed by atoms with Crippen LogP contribution < -0.4 is 47.4 Å². The van der Waals surface area contributed by atoms with Gasteiger partial charge in [-0.25, -0.2) is 9.78 Å². The van der Waals surface area contributed by atoms with E-state index in [0.29, 0.717) is 55.7 Å². The molecule has 4 aromatic rings. The number of aliphatic carboxylic acids is 7. The van der Waals surface area contributed by atoms with Crippen molar-refractivity contribution >= 4 is 228 Å². The van der Waals surface area contributed by atoms with Crippen molar-refractivity contribution in [3.63, 3.8) is 0 Å². The Morgan fingerprint density at radius 3 is 1.38 bits per heavy atom. The average molecular weight is 2210 g/mol. The zero-order valence-electron chi connectivity index (χ0n) is 66.9. The van der Waals surface area contributed by atoms with Crippen molar-refractivity contribution in [1.82, 2.24) is 52.1 Å². The molecule has 2 aliphatic rings. The van der Waals surface area contributed by atoms with E-state index in [9.17, 15) is 134 Å². The predicted octanol–water partition coefficient (Wildman–Crippen LogP) is 4.96. The summed E-state index contributed by atoms with van der Waals surface area (Å²) >= 11 is 9.15. The highest BCUT2D eigenvalue weighted by Gasteiger charge is 2.46. The third kappa shape index (κ3) is 28.8. The molecule has 0 bridgehead atoms. The zero-order chi connectivity index (χ0) is 91.9. The molecule has 46 heteroatoms. The Bertz CT molecular complexity index is 5150. The first-order valence-electron chi connectivity index (χ1n) is 38.4. The van der Waals surface area contributed by atoms with Gasteiger partial charge >= 0.3 is 41.8 Å². The molecule has 2 unspecified atom stereocenters. The zero-order valence-corrected chi connectivity index (χ0v) is 77.2. The van der Waals surface area contributed by atoms with Gasteiger partial charge in [-0.1, -0.05) is 37.5 Å². The number of carbonyl (C=O) groups excluding carboxylic acids is 8. The molecule has 17 N–H and O–H groups in total. The Morgan fingerprint density at radius 1 is 0.496 bits per heavy atom. The molecule has 0 radical (unpaired) electrons. The van der Waals surface area contributed by atoms with Gasteiger partial charge in [0.25, 0.3) is 20.2 Å². The molecular formula is C77H95I4N12O28S2+. The quantitative estimate of drug-likeness (QED) is 0.00528. The normalized spacial score (nSPS) is 16.3. The number of halogens is 4. The second-order valence-corrected chi connectivity index (χ2v) is 36.6. The van der Waals surface area contributed by atoms with E-state index in [0.717, 1.165) is 55.3 Å².